The number of rotatable bonds is 19. The van der Waals surface area contributed by atoms with Crippen molar-refractivity contribution >= 4 is 5.97 Å². The average Bonchev–Trinajstić information content (AvgIpc) is 2.94. The molecule has 2 heterocycles. The Morgan fingerprint density at radius 2 is 1.12 bits per heavy atom. The lowest BCUT2D eigenvalue weighted by Gasteiger charge is -2.46. The molecule has 0 spiro atoms. The van der Waals surface area contributed by atoms with Gasteiger partial charge in [-0.05, 0) is 6.42 Å². The van der Waals surface area contributed by atoms with Crippen LogP contribution >= 0.6 is 0 Å². The van der Waals surface area contributed by atoms with Gasteiger partial charge in [0.25, 0.3) is 0 Å². The quantitative estimate of drug-likeness (QED) is 0.0833. The van der Waals surface area contributed by atoms with Crippen molar-refractivity contribution in [1.82, 2.24) is 0 Å². The molecule has 0 bridgehead atoms. The van der Waals surface area contributed by atoms with E-state index in [-0.39, 0.29) is 6.42 Å². The molecule has 12 heteroatoms. The zero-order chi connectivity index (χ0) is 29.5. The summed E-state index contributed by atoms with van der Waals surface area (Å²) in [6.07, 6.45) is -0.537. The third-order valence-corrected chi connectivity index (χ3v) is 7.71. The molecule has 0 aromatic heterocycles. The van der Waals surface area contributed by atoms with E-state index < -0.39 is 80.6 Å². The SMILES string of the molecule is CCCCCCCCCCCCCCCC(=O)O[C@H]1[C@H](O[C@H]2[C@H](O)[C@@H](O)C(O)O[C@@H]2CO)O[C@H](CO)[C@H](O)[C@@H]1O. The zero-order valence-electron chi connectivity index (χ0n) is 23.8. The lowest BCUT2D eigenvalue weighted by Crippen LogP contribution is -2.65. The molecule has 40 heavy (non-hydrogen) atoms. The Morgan fingerprint density at radius 3 is 1.65 bits per heavy atom. The first kappa shape index (κ1) is 35.3. The summed E-state index contributed by atoms with van der Waals surface area (Å²) in [6.45, 7) is 0.835. The Balaban J connectivity index is 1.78. The zero-order valence-corrected chi connectivity index (χ0v) is 23.8. The summed E-state index contributed by atoms with van der Waals surface area (Å²) in [5.41, 5.74) is 0. The smallest absolute Gasteiger partial charge is 0.306 e. The lowest BCUT2D eigenvalue weighted by atomic mass is 9.97. The van der Waals surface area contributed by atoms with Crippen LogP contribution in [0.25, 0.3) is 0 Å². The number of ether oxygens (including phenoxy) is 4. The Labute approximate surface area is 237 Å². The molecule has 2 aliphatic rings. The molecular weight excluding hydrogens is 528 g/mol. The maximum Gasteiger partial charge on any atom is 0.306 e. The van der Waals surface area contributed by atoms with Crippen LogP contribution in [0.4, 0.5) is 0 Å². The molecule has 0 saturated carbocycles. The summed E-state index contributed by atoms with van der Waals surface area (Å²) in [5, 5.41) is 70.1. The van der Waals surface area contributed by atoms with E-state index >= 15 is 0 Å². The number of aliphatic hydroxyl groups is 7. The number of hydrogen-bond donors (Lipinski definition) is 7. The first-order chi connectivity index (χ1) is 19.2. The number of esters is 1. The first-order valence-corrected chi connectivity index (χ1v) is 15.0. The maximum absolute atomic E-state index is 12.6. The molecule has 12 nitrogen and oxygen atoms in total. The van der Waals surface area contributed by atoms with Gasteiger partial charge in [0.2, 0.25) is 0 Å². The highest BCUT2D eigenvalue weighted by Crippen LogP contribution is 2.30. The van der Waals surface area contributed by atoms with E-state index in [0.29, 0.717) is 6.42 Å². The van der Waals surface area contributed by atoms with Gasteiger partial charge in [0, 0.05) is 6.42 Å². The number of hydrogen-bond acceptors (Lipinski definition) is 12. The minimum absolute atomic E-state index is 0.0760. The van der Waals surface area contributed by atoms with Crippen LogP contribution in [0.1, 0.15) is 96.8 Å². The predicted octanol–water partition coefficient (Wildman–Crippen LogP) is 0.635. The molecular formula is C28H52O12. The van der Waals surface area contributed by atoms with Gasteiger partial charge in [0.15, 0.2) is 18.7 Å². The van der Waals surface area contributed by atoms with Gasteiger partial charge in [0.1, 0.15) is 42.7 Å². The summed E-state index contributed by atoms with van der Waals surface area (Å²) in [4.78, 5) is 12.6. The second-order valence-corrected chi connectivity index (χ2v) is 11.0. The van der Waals surface area contributed by atoms with E-state index in [1.165, 1.54) is 57.8 Å². The molecule has 236 valence electrons. The van der Waals surface area contributed by atoms with Crippen LogP contribution in [-0.4, -0.2) is 116 Å². The van der Waals surface area contributed by atoms with E-state index in [0.717, 1.165) is 19.3 Å². The molecule has 0 radical (unpaired) electrons. The number of aliphatic hydroxyl groups excluding tert-OH is 7. The third kappa shape index (κ3) is 11.0. The Morgan fingerprint density at radius 1 is 0.625 bits per heavy atom. The molecule has 7 N–H and O–H groups in total. The van der Waals surface area contributed by atoms with Crippen molar-refractivity contribution in [2.45, 2.75) is 158 Å². The molecule has 2 fully saturated rings. The van der Waals surface area contributed by atoms with Gasteiger partial charge in [-0.2, -0.15) is 0 Å². The van der Waals surface area contributed by atoms with Gasteiger partial charge in [-0.15, -0.1) is 0 Å². The highest BCUT2D eigenvalue weighted by molar-refractivity contribution is 5.69. The molecule has 2 saturated heterocycles. The van der Waals surface area contributed by atoms with E-state index in [1.807, 2.05) is 0 Å². The Bertz CT molecular complexity index is 680. The van der Waals surface area contributed by atoms with Crippen molar-refractivity contribution in [2.75, 3.05) is 13.2 Å². The summed E-state index contributed by atoms with van der Waals surface area (Å²) in [7, 11) is 0. The molecule has 10 atom stereocenters. The van der Waals surface area contributed by atoms with Crippen molar-refractivity contribution < 1.29 is 59.5 Å². The second-order valence-electron chi connectivity index (χ2n) is 11.0. The number of carbonyl (C=O) groups is 1. The minimum atomic E-state index is -1.77. The van der Waals surface area contributed by atoms with Crippen LogP contribution in [0.3, 0.4) is 0 Å². The summed E-state index contributed by atoms with van der Waals surface area (Å²) in [5.74, 6) is -0.645. The summed E-state index contributed by atoms with van der Waals surface area (Å²) >= 11 is 0. The summed E-state index contributed by atoms with van der Waals surface area (Å²) in [6, 6.07) is 0. The van der Waals surface area contributed by atoms with E-state index in [4.69, 9.17) is 18.9 Å². The van der Waals surface area contributed by atoms with Gasteiger partial charge in [-0.25, -0.2) is 0 Å². The van der Waals surface area contributed by atoms with Crippen molar-refractivity contribution in [3.05, 3.63) is 0 Å². The van der Waals surface area contributed by atoms with Crippen LogP contribution in [0, 0.1) is 0 Å². The fraction of sp³-hybridized carbons (Fsp3) is 0.964. The highest BCUT2D eigenvalue weighted by atomic mass is 16.7. The molecule has 2 aliphatic heterocycles. The average molecular weight is 581 g/mol. The van der Waals surface area contributed by atoms with E-state index in [1.54, 1.807) is 0 Å². The monoisotopic (exact) mass is 580 g/mol. The molecule has 0 aromatic carbocycles. The van der Waals surface area contributed by atoms with Crippen molar-refractivity contribution in [1.29, 1.82) is 0 Å². The highest BCUT2D eigenvalue weighted by Gasteiger charge is 2.51. The van der Waals surface area contributed by atoms with E-state index in [9.17, 15) is 40.5 Å². The number of unbranched alkanes of at least 4 members (excludes halogenated alkanes) is 12. The molecule has 0 amide bonds. The van der Waals surface area contributed by atoms with E-state index in [2.05, 4.69) is 6.92 Å². The molecule has 1 unspecified atom stereocenters. The largest absolute Gasteiger partial charge is 0.454 e. The topological polar surface area (TPSA) is 196 Å². The normalized spacial score (nSPS) is 34.6. The van der Waals surface area contributed by atoms with Gasteiger partial charge in [-0.1, -0.05) is 84.0 Å². The van der Waals surface area contributed by atoms with Crippen LogP contribution in [0.15, 0.2) is 0 Å². The van der Waals surface area contributed by atoms with Crippen LogP contribution in [0.5, 0.6) is 0 Å². The van der Waals surface area contributed by atoms with Crippen molar-refractivity contribution in [3.8, 4) is 0 Å². The minimum Gasteiger partial charge on any atom is -0.454 e. The predicted molar refractivity (Wildman–Crippen MR) is 143 cm³/mol. The molecule has 0 aromatic rings. The fourth-order valence-corrected chi connectivity index (χ4v) is 5.18. The van der Waals surface area contributed by atoms with Crippen LogP contribution in [0.2, 0.25) is 0 Å². The van der Waals surface area contributed by atoms with Crippen molar-refractivity contribution in [3.63, 3.8) is 0 Å². The fourth-order valence-electron chi connectivity index (χ4n) is 5.18. The second kappa shape index (κ2) is 19.3. The van der Waals surface area contributed by atoms with Crippen molar-refractivity contribution in [2.24, 2.45) is 0 Å². The van der Waals surface area contributed by atoms with Gasteiger partial charge < -0.3 is 54.7 Å². The standard InChI is InChI=1S/C28H52O12/c1-2-3-4-5-6-7-8-9-10-11-12-13-14-15-20(31)39-26-22(33)21(32)18(16-29)38-28(26)40-25-19(17-30)37-27(36)24(35)23(25)34/h18-19,21-30,32-36H,2-17H2,1H3/t18-,19-,21+,22+,23-,24-,25-,26-,27?,28+/m1/s1. The summed E-state index contributed by atoms with van der Waals surface area (Å²) < 4.78 is 21.6. The maximum atomic E-state index is 12.6. The van der Waals surface area contributed by atoms with Crippen LogP contribution < -0.4 is 0 Å². The van der Waals surface area contributed by atoms with Gasteiger partial charge in [-0.3, -0.25) is 4.79 Å². The van der Waals surface area contributed by atoms with Gasteiger partial charge in [0.05, 0.1) is 13.2 Å². The Hall–Kier alpha value is -0.930. The third-order valence-electron chi connectivity index (χ3n) is 7.71. The molecule has 2 rings (SSSR count). The van der Waals surface area contributed by atoms with Gasteiger partial charge >= 0.3 is 5.97 Å². The lowest BCUT2D eigenvalue weighted by molar-refractivity contribution is -0.355. The first-order valence-electron chi connectivity index (χ1n) is 15.0. The number of carbonyl (C=O) groups excluding carboxylic acids is 1. The van der Waals surface area contributed by atoms with Crippen LogP contribution in [-0.2, 0) is 23.7 Å². The molecule has 0 aliphatic carbocycles. The Kier molecular flexibility index (Phi) is 17.0.